The molecule has 3 aromatic rings. The van der Waals surface area contributed by atoms with Crippen molar-refractivity contribution in [2.75, 3.05) is 40.0 Å². The molecule has 1 aliphatic heterocycles. The summed E-state index contributed by atoms with van der Waals surface area (Å²) in [6, 6.07) is 17.9. The predicted octanol–water partition coefficient (Wildman–Crippen LogP) is 4.44. The fraction of sp³-hybridized carbons (Fsp3) is 0.414. The Labute approximate surface area is 212 Å². The van der Waals surface area contributed by atoms with Gasteiger partial charge in [0.05, 0.1) is 23.4 Å². The second kappa shape index (κ2) is 12.6. The molecule has 190 valence electrons. The molecule has 4 rings (SSSR count). The molecule has 7 nitrogen and oxygen atoms in total. The number of fused-ring (bicyclic) bond motifs is 1. The van der Waals surface area contributed by atoms with Crippen LogP contribution in [0.4, 0.5) is 0 Å². The molecular formula is C29H35N3O4. The lowest BCUT2D eigenvalue weighted by atomic mass is 9.92. The van der Waals surface area contributed by atoms with Gasteiger partial charge in [-0.15, -0.1) is 0 Å². The highest BCUT2D eigenvalue weighted by Gasteiger charge is 2.28. The summed E-state index contributed by atoms with van der Waals surface area (Å²) in [6.45, 7) is 5.47. The molecule has 7 heteroatoms. The van der Waals surface area contributed by atoms with E-state index in [-0.39, 0.29) is 17.8 Å². The molecule has 36 heavy (non-hydrogen) atoms. The van der Waals surface area contributed by atoms with Crippen LogP contribution in [0.1, 0.15) is 42.2 Å². The number of para-hydroxylation sites is 1. The number of ether oxygens (including phenoxy) is 2. The van der Waals surface area contributed by atoms with Gasteiger partial charge < -0.3 is 14.8 Å². The monoisotopic (exact) mass is 489 g/mol. The minimum Gasteiger partial charge on any atom is -0.462 e. The number of piperidine rings is 1. The fourth-order valence-corrected chi connectivity index (χ4v) is 4.84. The molecule has 1 aliphatic rings. The van der Waals surface area contributed by atoms with Crippen LogP contribution in [0.3, 0.4) is 0 Å². The number of benzene rings is 2. The zero-order valence-corrected chi connectivity index (χ0v) is 21.2. The summed E-state index contributed by atoms with van der Waals surface area (Å²) < 4.78 is 10.6. The minimum absolute atomic E-state index is 0.0118. The van der Waals surface area contributed by atoms with Crippen LogP contribution >= 0.6 is 0 Å². The lowest BCUT2D eigenvalue weighted by Crippen LogP contribution is -2.40. The van der Waals surface area contributed by atoms with Crippen LogP contribution in [0.25, 0.3) is 22.0 Å². The van der Waals surface area contributed by atoms with Gasteiger partial charge in [-0.2, -0.15) is 0 Å². The Morgan fingerprint density at radius 2 is 1.78 bits per heavy atom. The molecule has 0 saturated carbocycles. The third-order valence-corrected chi connectivity index (χ3v) is 6.67. The van der Waals surface area contributed by atoms with Gasteiger partial charge in [-0.3, -0.25) is 14.7 Å². The Bertz CT molecular complexity index is 1170. The summed E-state index contributed by atoms with van der Waals surface area (Å²) in [4.78, 5) is 33.1. The van der Waals surface area contributed by atoms with Crippen molar-refractivity contribution in [3.05, 3.63) is 65.9 Å². The summed E-state index contributed by atoms with van der Waals surface area (Å²) in [7, 11) is 1.66. The van der Waals surface area contributed by atoms with Gasteiger partial charge in [0.2, 0.25) is 5.91 Å². The molecule has 1 amide bonds. The SMILES string of the molecule is CCOC(=O)c1c(CN2CCC(C(=O)NCCCOC)CC2)nc2ccccc2c1-c1ccccc1. The Morgan fingerprint density at radius 3 is 2.50 bits per heavy atom. The standard InChI is InChI=1S/C29H35N3O4/c1-3-36-29(34)27-25(20-32-17-14-22(15-18-32)28(33)30-16-9-19-35-2)31-24-13-8-7-12-23(24)26(27)21-10-5-4-6-11-21/h4-8,10-13,22H,3,9,14-20H2,1-2H3,(H,30,33). The molecule has 1 N–H and O–H groups in total. The van der Waals surface area contributed by atoms with Crippen molar-refractivity contribution in [1.29, 1.82) is 0 Å². The molecule has 1 saturated heterocycles. The van der Waals surface area contributed by atoms with Crippen LogP contribution < -0.4 is 5.32 Å². The molecular weight excluding hydrogens is 454 g/mol. The van der Waals surface area contributed by atoms with Crippen LogP contribution in [-0.4, -0.2) is 61.7 Å². The average Bonchev–Trinajstić information content (AvgIpc) is 2.91. The van der Waals surface area contributed by atoms with E-state index in [2.05, 4.69) is 10.2 Å². The van der Waals surface area contributed by atoms with Crippen molar-refractivity contribution in [2.45, 2.75) is 32.7 Å². The van der Waals surface area contributed by atoms with Gasteiger partial charge in [0.1, 0.15) is 0 Å². The molecule has 0 radical (unpaired) electrons. The maximum Gasteiger partial charge on any atom is 0.340 e. The number of hydrogen-bond donors (Lipinski definition) is 1. The maximum absolute atomic E-state index is 13.3. The Kier molecular flexibility index (Phi) is 9.03. The predicted molar refractivity (Wildman–Crippen MR) is 141 cm³/mol. The first-order valence-electron chi connectivity index (χ1n) is 12.8. The van der Waals surface area contributed by atoms with Crippen LogP contribution in [-0.2, 0) is 20.8 Å². The molecule has 0 spiro atoms. The van der Waals surface area contributed by atoms with E-state index < -0.39 is 0 Å². The molecule has 0 atom stereocenters. The van der Waals surface area contributed by atoms with E-state index in [0.717, 1.165) is 54.4 Å². The van der Waals surface area contributed by atoms with Gasteiger partial charge in [0.15, 0.2) is 0 Å². The fourth-order valence-electron chi connectivity index (χ4n) is 4.84. The van der Waals surface area contributed by atoms with Gasteiger partial charge in [0.25, 0.3) is 0 Å². The molecule has 1 fully saturated rings. The Morgan fingerprint density at radius 1 is 1.06 bits per heavy atom. The van der Waals surface area contributed by atoms with Crippen molar-refractivity contribution in [1.82, 2.24) is 15.2 Å². The van der Waals surface area contributed by atoms with Gasteiger partial charge >= 0.3 is 5.97 Å². The smallest absolute Gasteiger partial charge is 0.340 e. The zero-order valence-electron chi connectivity index (χ0n) is 21.2. The van der Waals surface area contributed by atoms with E-state index >= 15 is 0 Å². The van der Waals surface area contributed by atoms with Crippen molar-refractivity contribution < 1.29 is 19.1 Å². The first-order valence-corrected chi connectivity index (χ1v) is 12.8. The van der Waals surface area contributed by atoms with E-state index in [9.17, 15) is 9.59 Å². The van der Waals surface area contributed by atoms with Crippen molar-refractivity contribution in [3.63, 3.8) is 0 Å². The number of rotatable bonds is 10. The average molecular weight is 490 g/mol. The number of pyridine rings is 1. The summed E-state index contributed by atoms with van der Waals surface area (Å²) in [5, 5.41) is 3.95. The first-order chi connectivity index (χ1) is 17.6. The Balaban J connectivity index is 1.59. The summed E-state index contributed by atoms with van der Waals surface area (Å²) in [5.41, 5.74) is 3.92. The number of amides is 1. The topological polar surface area (TPSA) is 80.8 Å². The van der Waals surface area contributed by atoms with Gasteiger partial charge in [0, 0.05) is 43.7 Å². The largest absolute Gasteiger partial charge is 0.462 e. The van der Waals surface area contributed by atoms with Gasteiger partial charge in [-0.25, -0.2) is 4.79 Å². The molecule has 0 aliphatic carbocycles. The lowest BCUT2D eigenvalue weighted by Gasteiger charge is -2.31. The first kappa shape index (κ1) is 25.8. The van der Waals surface area contributed by atoms with Gasteiger partial charge in [-0.1, -0.05) is 48.5 Å². The number of nitrogens with zero attached hydrogens (tertiary/aromatic N) is 2. The maximum atomic E-state index is 13.3. The highest BCUT2D eigenvalue weighted by Crippen LogP contribution is 2.34. The van der Waals surface area contributed by atoms with Crippen LogP contribution in [0, 0.1) is 5.92 Å². The van der Waals surface area contributed by atoms with Crippen LogP contribution in [0.15, 0.2) is 54.6 Å². The number of nitrogens with one attached hydrogen (secondary N) is 1. The number of carbonyl (C=O) groups excluding carboxylic acids is 2. The van der Waals surface area contributed by atoms with E-state index in [4.69, 9.17) is 14.5 Å². The normalized spacial score (nSPS) is 14.6. The van der Waals surface area contributed by atoms with Crippen molar-refractivity contribution in [3.8, 4) is 11.1 Å². The van der Waals surface area contributed by atoms with Crippen molar-refractivity contribution in [2.24, 2.45) is 5.92 Å². The second-order valence-electron chi connectivity index (χ2n) is 9.10. The van der Waals surface area contributed by atoms with E-state index in [0.29, 0.717) is 37.6 Å². The highest BCUT2D eigenvalue weighted by molar-refractivity contribution is 6.07. The minimum atomic E-state index is -0.352. The molecule has 0 bridgehead atoms. The van der Waals surface area contributed by atoms with E-state index in [1.807, 2.05) is 61.5 Å². The van der Waals surface area contributed by atoms with Crippen molar-refractivity contribution >= 4 is 22.8 Å². The summed E-state index contributed by atoms with van der Waals surface area (Å²) >= 11 is 0. The lowest BCUT2D eigenvalue weighted by molar-refractivity contribution is -0.126. The molecule has 1 aromatic heterocycles. The molecule has 2 heterocycles. The van der Waals surface area contributed by atoms with Crippen LogP contribution in [0.2, 0.25) is 0 Å². The third-order valence-electron chi connectivity index (χ3n) is 6.67. The number of hydrogen-bond acceptors (Lipinski definition) is 6. The van der Waals surface area contributed by atoms with E-state index in [1.54, 1.807) is 7.11 Å². The molecule has 2 aromatic carbocycles. The number of likely N-dealkylation sites (tertiary alicyclic amines) is 1. The number of carbonyl (C=O) groups is 2. The summed E-state index contributed by atoms with van der Waals surface area (Å²) in [6.07, 6.45) is 2.38. The highest BCUT2D eigenvalue weighted by atomic mass is 16.5. The zero-order chi connectivity index (χ0) is 25.3. The molecule has 0 unspecified atom stereocenters. The van der Waals surface area contributed by atoms with Gasteiger partial charge in [-0.05, 0) is 50.9 Å². The Hall–Kier alpha value is -3.29. The number of methoxy groups -OCH3 is 1. The number of esters is 1. The second-order valence-corrected chi connectivity index (χ2v) is 9.10. The summed E-state index contributed by atoms with van der Waals surface area (Å²) in [5.74, 6) is -0.221. The van der Waals surface area contributed by atoms with Crippen LogP contribution in [0.5, 0.6) is 0 Å². The number of aromatic nitrogens is 1. The van der Waals surface area contributed by atoms with E-state index in [1.165, 1.54) is 0 Å². The third kappa shape index (κ3) is 6.09. The quantitative estimate of drug-likeness (QED) is 0.335.